The van der Waals surface area contributed by atoms with Crippen LogP contribution < -0.4 is 4.74 Å². The first-order valence-electron chi connectivity index (χ1n) is 3.94. The van der Waals surface area contributed by atoms with Crippen molar-refractivity contribution in [1.82, 2.24) is 0 Å². The fourth-order valence-electron chi connectivity index (χ4n) is 0.710. The fourth-order valence-corrected chi connectivity index (χ4v) is 0.710. The van der Waals surface area contributed by atoms with Crippen molar-refractivity contribution in [1.29, 1.82) is 0 Å². The zero-order valence-electron chi connectivity index (χ0n) is 7.90. The molecule has 0 aliphatic rings. The number of ether oxygens (including phenoxy) is 1. The number of phenols is 3. The van der Waals surface area contributed by atoms with Crippen molar-refractivity contribution in [3.05, 3.63) is 12.1 Å². The number of hydrogen-bond donors (Lipinski definition) is 3. The molecular weight excluding hydrogens is 172 g/mol. The molecule has 1 aromatic rings. The first-order valence-corrected chi connectivity index (χ1v) is 3.94. The minimum atomic E-state index is -0.372. The van der Waals surface area contributed by atoms with Gasteiger partial charge in [-0.05, 0) is 0 Å². The zero-order chi connectivity index (χ0) is 10.4. The molecule has 4 heteroatoms. The smallest absolute Gasteiger partial charge is 0.164 e. The van der Waals surface area contributed by atoms with Gasteiger partial charge in [0, 0.05) is 12.1 Å². The standard InChI is InChI=1S/C7H8O4.C2H6/c1-11-7-3-5(9)4(8)2-6(7)10;1-2/h2-3,8-10H,1H3;1-2H3. The van der Waals surface area contributed by atoms with Gasteiger partial charge in [-0.1, -0.05) is 13.8 Å². The van der Waals surface area contributed by atoms with E-state index in [2.05, 4.69) is 4.74 Å². The van der Waals surface area contributed by atoms with Gasteiger partial charge in [-0.3, -0.25) is 0 Å². The van der Waals surface area contributed by atoms with Crippen molar-refractivity contribution in [2.45, 2.75) is 13.8 Å². The minimum absolute atomic E-state index is 0.125. The summed E-state index contributed by atoms with van der Waals surface area (Å²) in [6.45, 7) is 4.00. The molecular formula is C9H14O4. The largest absolute Gasteiger partial charge is 0.504 e. The number of hydrogen-bond acceptors (Lipinski definition) is 4. The third-order valence-electron chi connectivity index (χ3n) is 1.28. The van der Waals surface area contributed by atoms with Crippen LogP contribution in [0.25, 0.3) is 0 Å². The highest BCUT2D eigenvalue weighted by Gasteiger charge is 2.06. The van der Waals surface area contributed by atoms with Crippen LogP contribution >= 0.6 is 0 Å². The lowest BCUT2D eigenvalue weighted by Crippen LogP contribution is -1.82. The van der Waals surface area contributed by atoms with Gasteiger partial charge in [-0.25, -0.2) is 0 Å². The van der Waals surface area contributed by atoms with Gasteiger partial charge in [0.25, 0.3) is 0 Å². The van der Waals surface area contributed by atoms with Crippen molar-refractivity contribution < 1.29 is 20.1 Å². The van der Waals surface area contributed by atoms with Crippen LogP contribution in [0.4, 0.5) is 0 Å². The summed E-state index contributed by atoms with van der Waals surface area (Å²) in [6.07, 6.45) is 0. The number of benzene rings is 1. The molecule has 0 aliphatic heterocycles. The molecule has 0 atom stereocenters. The lowest BCUT2D eigenvalue weighted by atomic mass is 10.3. The maximum atomic E-state index is 9.02. The lowest BCUT2D eigenvalue weighted by molar-refractivity contribution is 0.356. The normalized spacial score (nSPS) is 8.54. The van der Waals surface area contributed by atoms with Crippen molar-refractivity contribution in [3.63, 3.8) is 0 Å². The molecule has 0 fully saturated rings. The van der Waals surface area contributed by atoms with Crippen molar-refractivity contribution in [2.24, 2.45) is 0 Å². The number of rotatable bonds is 1. The first-order chi connectivity index (χ1) is 6.15. The van der Waals surface area contributed by atoms with E-state index < -0.39 is 0 Å². The monoisotopic (exact) mass is 186 g/mol. The minimum Gasteiger partial charge on any atom is -0.504 e. The van der Waals surface area contributed by atoms with E-state index in [0.717, 1.165) is 12.1 Å². The SMILES string of the molecule is CC.COc1cc(O)c(O)cc1O. The lowest BCUT2D eigenvalue weighted by Gasteiger charge is -2.04. The second-order valence-corrected chi connectivity index (χ2v) is 2.01. The van der Waals surface area contributed by atoms with Gasteiger partial charge in [0.2, 0.25) is 0 Å². The molecule has 0 aromatic heterocycles. The summed E-state index contributed by atoms with van der Waals surface area (Å²) >= 11 is 0. The van der Waals surface area contributed by atoms with Gasteiger partial charge in [-0.2, -0.15) is 0 Å². The van der Waals surface area contributed by atoms with E-state index in [0.29, 0.717) is 0 Å². The Morgan fingerprint density at radius 1 is 0.923 bits per heavy atom. The predicted octanol–water partition coefficient (Wildman–Crippen LogP) is 1.84. The van der Waals surface area contributed by atoms with E-state index in [1.807, 2.05) is 13.8 Å². The molecule has 0 aliphatic carbocycles. The van der Waals surface area contributed by atoms with Crippen LogP contribution in [-0.4, -0.2) is 22.4 Å². The van der Waals surface area contributed by atoms with Crippen molar-refractivity contribution in [2.75, 3.05) is 7.11 Å². The predicted molar refractivity (Wildman–Crippen MR) is 49.3 cm³/mol. The molecule has 74 valence electrons. The van der Waals surface area contributed by atoms with Crippen LogP contribution in [0, 0.1) is 0 Å². The third-order valence-corrected chi connectivity index (χ3v) is 1.28. The zero-order valence-corrected chi connectivity index (χ0v) is 7.90. The quantitative estimate of drug-likeness (QED) is 0.462. The van der Waals surface area contributed by atoms with E-state index in [9.17, 15) is 0 Å². The van der Waals surface area contributed by atoms with Crippen LogP contribution in [0.2, 0.25) is 0 Å². The molecule has 0 unspecified atom stereocenters. The molecule has 0 bridgehead atoms. The second-order valence-electron chi connectivity index (χ2n) is 2.01. The molecule has 13 heavy (non-hydrogen) atoms. The number of phenolic OH excluding ortho intramolecular Hbond substituents is 3. The summed E-state index contributed by atoms with van der Waals surface area (Å²) in [5.74, 6) is -0.772. The Bertz CT molecular complexity index is 271. The fraction of sp³-hybridized carbons (Fsp3) is 0.333. The first kappa shape index (κ1) is 11.4. The molecule has 1 rings (SSSR count). The molecule has 4 nitrogen and oxygen atoms in total. The molecule has 0 amide bonds. The Morgan fingerprint density at radius 3 is 1.85 bits per heavy atom. The molecule has 0 spiro atoms. The van der Waals surface area contributed by atoms with Crippen LogP contribution in [0.15, 0.2) is 12.1 Å². The molecule has 3 N–H and O–H groups in total. The Kier molecular flexibility index (Phi) is 4.51. The van der Waals surface area contributed by atoms with E-state index in [-0.39, 0.29) is 23.0 Å². The molecule has 0 saturated carbocycles. The van der Waals surface area contributed by atoms with Gasteiger partial charge in [0.05, 0.1) is 7.11 Å². The topological polar surface area (TPSA) is 69.9 Å². The average molecular weight is 186 g/mol. The van der Waals surface area contributed by atoms with Crippen LogP contribution in [-0.2, 0) is 0 Å². The Morgan fingerprint density at radius 2 is 1.38 bits per heavy atom. The van der Waals surface area contributed by atoms with Crippen LogP contribution in [0.3, 0.4) is 0 Å². The average Bonchev–Trinajstić information content (AvgIpc) is 2.15. The van der Waals surface area contributed by atoms with Gasteiger partial charge in [-0.15, -0.1) is 0 Å². The highest BCUT2D eigenvalue weighted by Crippen LogP contribution is 2.36. The number of methoxy groups -OCH3 is 1. The molecule has 0 heterocycles. The van der Waals surface area contributed by atoms with E-state index in [1.54, 1.807) is 0 Å². The van der Waals surface area contributed by atoms with Gasteiger partial charge in [0.1, 0.15) is 0 Å². The van der Waals surface area contributed by atoms with Gasteiger partial charge >= 0.3 is 0 Å². The highest BCUT2D eigenvalue weighted by molar-refractivity contribution is 5.51. The molecule has 0 saturated heterocycles. The van der Waals surface area contributed by atoms with Crippen LogP contribution in [0.5, 0.6) is 23.0 Å². The highest BCUT2D eigenvalue weighted by atomic mass is 16.5. The number of aromatic hydroxyl groups is 3. The maximum Gasteiger partial charge on any atom is 0.164 e. The maximum absolute atomic E-state index is 9.02. The van der Waals surface area contributed by atoms with Crippen LogP contribution in [0.1, 0.15) is 13.8 Å². The van der Waals surface area contributed by atoms with Gasteiger partial charge in [0.15, 0.2) is 23.0 Å². The Balaban J connectivity index is 0.000000671. The Hall–Kier alpha value is -1.58. The van der Waals surface area contributed by atoms with Crippen molar-refractivity contribution in [3.8, 4) is 23.0 Å². The summed E-state index contributed by atoms with van der Waals surface area (Å²) in [4.78, 5) is 0. The molecule has 1 aromatic carbocycles. The second kappa shape index (κ2) is 5.13. The molecule has 0 radical (unpaired) electrons. The van der Waals surface area contributed by atoms with E-state index in [4.69, 9.17) is 15.3 Å². The summed E-state index contributed by atoms with van der Waals surface area (Å²) in [5.41, 5.74) is 0. The summed E-state index contributed by atoms with van der Waals surface area (Å²) < 4.78 is 4.66. The summed E-state index contributed by atoms with van der Waals surface area (Å²) in [5, 5.41) is 26.8. The third kappa shape index (κ3) is 2.74. The van der Waals surface area contributed by atoms with E-state index in [1.165, 1.54) is 7.11 Å². The summed E-state index contributed by atoms with van der Waals surface area (Å²) in [7, 11) is 1.35. The Labute approximate surface area is 77.0 Å². The van der Waals surface area contributed by atoms with Gasteiger partial charge < -0.3 is 20.1 Å². The van der Waals surface area contributed by atoms with Crippen molar-refractivity contribution >= 4 is 0 Å². The van der Waals surface area contributed by atoms with E-state index >= 15 is 0 Å². The summed E-state index contributed by atoms with van der Waals surface area (Å²) in [6, 6.07) is 2.14.